The molecule has 2 aromatic rings. The van der Waals surface area contributed by atoms with Crippen LogP contribution in [0, 0.1) is 0 Å². The Morgan fingerprint density at radius 3 is 2.71 bits per heavy atom. The Balaban J connectivity index is 2.10. The maximum absolute atomic E-state index is 6.00. The fraction of sp³-hybridized carbons (Fsp3) is 0.154. The van der Waals surface area contributed by atoms with Gasteiger partial charge >= 0.3 is 0 Å². The summed E-state index contributed by atoms with van der Waals surface area (Å²) in [6.07, 6.45) is 3.30. The van der Waals surface area contributed by atoms with E-state index in [0.717, 1.165) is 16.9 Å². The van der Waals surface area contributed by atoms with E-state index >= 15 is 0 Å². The Labute approximate surface area is 110 Å². The van der Waals surface area contributed by atoms with Gasteiger partial charge in [-0.05, 0) is 12.1 Å². The maximum atomic E-state index is 6.00. The molecule has 2 rings (SSSR count). The predicted octanol–water partition coefficient (Wildman–Crippen LogP) is 4.05. The van der Waals surface area contributed by atoms with E-state index in [1.165, 1.54) is 0 Å². The Kier molecular flexibility index (Phi) is 4.24. The van der Waals surface area contributed by atoms with Crippen LogP contribution in [0.4, 0.5) is 0 Å². The molecular formula is C13H11Cl2NO. The summed E-state index contributed by atoms with van der Waals surface area (Å²) in [4.78, 5) is 3.93. The summed E-state index contributed by atoms with van der Waals surface area (Å²) in [6.45, 7) is 0.412. The lowest BCUT2D eigenvalue weighted by molar-refractivity contribution is 0.304. The van der Waals surface area contributed by atoms with E-state index in [2.05, 4.69) is 4.98 Å². The molecule has 0 spiro atoms. The molecule has 0 saturated carbocycles. The van der Waals surface area contributed by atoms with Gasteiger partial charge in [0.15, 0.2) is 0 Å². The first-order valence-corrected chi connectivity index (χ1v) is 6.07. The maximum Gasteiger partial charge on any atom is 0.124 e. The van der Waals surface area contributed by atoms with Gasteiger partial charge in [-0.3, -0.25) is 4.98 Å². The third-order valence-corrected chi connectivity index (χ3v) is 2.98. The molecule has 0 aliphatic rings. The first kappa shape index (κ1) is 12.2. The second-order valence-corrected chi connectivity index (χ2v) is 4.17. The van der Waals surface area contributed by atoms with Crippen LogP contribution in [0.1, 0.15) is 11.1 Å². The molecule has 0 atom stereocenters. The predicted molar refractivity (Wildman–Crippen MR) is 69.6 cm³/mol. The number of rotatable bonds is 4. The topological polar surface area (TPSA) is 22.1 Å². The number of alkyl halides is 1. The molecule has 2 nitrogen and oxygen atoms in total. The summed E-state index contributed by atoms with van der Waals surface area (Å²) < 4.78 is 5.70. The van der Waals surface area contributed by atoms with E-state index in [4.69, 9.17) is 27.9 Å². The molecule has 0 radical (unpaired) electrons. The van der Waals surface area contributed by atoms with Crippen molar-refractivity contribution >= 4 is 23.2 Å². The number of halogens is 2. The van der Waals surface area contributed by atoms with Crippen molar-refractivity contribution < 1.29 is 4.74 Å². The summed E-state index contributed by atoms with van der Waals surface area (Å²) in [6, 6.07) is 9.53. The highest BCUT2D eigenvalue weighted by Gasteiger charge is 2.04. The van der Waals surface area contributed by atoms with Crippen LogP contribution in [0.2, 0.25) is 5.02 Å². The summed E-state index contributed by atoms with van der Waals surface area (Å²) in [5.41, 5.74) is 1.88. The standard InChI is InChI=1S/C13H11Cl2NO/c14-7-10-3-1-2-4-13(10)17-9-11-5-6-16-8-12(11)15/h1-6,8H,7,9H2. The van der Waals surface area contributed by atoms with Crippen molar-refractivity contribution in [3.63, 3.8) is 0 Å². The normalized spacial score (nSPS) is 10.2. The monoisotopic (exact) mass is 267 g/mol. The number of aromatic nitrogens is 1. The van der Waals surface area contributed by atoms with Crippen LogP contribution in [0.15, 0.2) is 42.7 Å². The van der Waals surface area contributed by atoms with Crippen molar-refractivity contribution in [2.45, 2.75) is 12.5 Å². The summed E-state index contributed by atoms with van der Waals surface area (Å²) in [5.74, 6) is 1.22. The second-order valence-electron chi connectivity index (χ2n) is 3.50. The lowest BCUT2D eigenvalue weighted by Crippen LogP contribution is -1.98. The van der Waals surface area contributed by atoms with Crippen LogP contribution in [0.25, 0.3) is 0 Å². The van der Waals surface area contributed by atoms with Crippen LogP contribution in [0.5, 0.6) is 5.75 Å². The van der Waals surface area contributed by atoms with Gasteiger partial charge in [-0.1, -0.05) is 29.8 Å². The first-order chi connectivity index (χ1) is 8.31. The van der Waals surface area contributed by atoms with Gasteiger partial charge < -0.3 is 4.74 Å². The zero-order valence-corrected chi connectivity index (χ0v) is 10.6. The number of hydrogen-bond acceptors (Lipinski definition) is 2. The molecule has 0 bridgehead atoms. The lowest BCUT2D eigenvalue weighted by Gasteiger charge is -2.10. The average Bonchev–Trinajstić information content (AvgIpc) is 2.38. The molecule has 4 heteroatoms. The second kappa shape index (κ2) is 5.89. The molecule has 0 fully saturated rings. The van der Waals surface area contributed by atoms with E-state index in [1.807, 2.05) is 30.3 Å². The number of pyridine rings is 1. The Morgan fingerprint density at radius 2 is 1.94 bits per heavy atom. The van der Waals surface area contributed by atoms with Gasteiger partial charge in [0.2, 0.25) is 0 Å². The van der Waals surface area contributed by atoms with Gasteiger partial charge in [0.25, 0.3) is 0 Å². The molecule has 0 amide bonds. The van der Waals surface area contributed by atoms with Crippen molar-refractivity contribution in [1.29, 1.82) is 0 Å². The fourth-order valence-electron chi connectivity index (χ4n) is 1.43. The molecular weight excluding hydrogens is 257 g/mol. The molecule has 0 aliphatic heterocycles. The van der Waals surface area contributed by atoms with Gasteiger partial charge in [-0.2, -0.15) is 0 Å². The van der Waals surface area contributed by atoms with Gasteiger partial charge in [-0.25, -0.2) is 0 Å². The molecule has 0 saturated heterocycles. The van der Waals surface area contributed by atoms with Crippen molar-refractivity contribution in [3.05, 3.63) is 58.9 Å². The van der Waals surface area contributed by atoms with E-state index in [9.17, 15) is 0 Å². The zero-order valence-electron chi connectivity index (χ0n) is 9.07. The first-order valence-electron chi connectivity index (χ1n) is 5.16. The average molecular weight is 268 g/mol. The molecule has 1 aromatic carbocycles. The van der Waals surface area contributed by atoms with Crippen LogP contribution in [-0.4, -0.2) is 4.98 Å². The van der Waals surface area contributed by atoms with Gasteiger partial charge in [0.1, 0.15) is 12.4 Å². The highest BCUT2D eigenvalue weighted by Crippen LogP contribution is 2.22. The third kappa shape index (κ3) is 3.11. The largest absolute Gasteiger partial charge is 0.489 e. The third-order valence-electron chi connectivity index (χ3n) is 2.36. The highest BCUT2D eigenvalue weighted by atomic mass is 35.5. The molecule has 1 heterocycles. The van der Waals surface area contributed by atoms with Crippen LogP contribution >= 0.6 is 23.2 Å². The minimum Gasteiger partial charge on any atom is -0.489 e. The quantitative estimate of drug-likeness (QED) is 0.780. The van der Waals surface area contributed by atoms with Crippen molar-refractivity contribution in [2.75, 3.05) is 0 Å². The summed E-state index contributed by atoms with van der Waals surface area (Å²) in [7, 11) is 0. The Hall–Kier alpha value is -1.25. The molecule has 17 heavy (non-hydrogen) atoms. The van der Waals surface area contributed by atoms with E-state index < -0.39 is 0 Å². The summed E-state index contributed by atoms with van der Waals surface area (Å²) >= 11 is 11.8. The minimum atomic E-state index is 0.412. The number of para-hydroxylation sites is 1. The van der Waals surface area contributed by atoms with E-state index in [0.29, 0.717) is 17.5 Å². The Morgan fingerprint density at radius 1 is 1.12 bits per heavy atom. The number of ether oxygens (including phenoxy) is 1. The highest BCUT2D eigenvalue weighted by molar-refractivity contribution is 6.31. The van der Waals surface area contributed by atoms with Crippen molar-refractivity contribution in [3.8, 4) is 5.75 Å². The SMILES string of the molecule is ClCc1ccccc1OCc1ccncc1Cl. The number of nitrogens with zero attached hydrogens (tertiary/aromatic N) is 1. The van der Waals surface area contributed by atoms with Crippen LogP contribution in [-0.2, 0) is 12.5 Å². The number of hydrogen-bond donors (Lipinski definition) is 0. The van der Waals surface area contributed by atoms with Gasteiger partial charge in [-0.15, -0.1) is 11.6 Å². The van der Waals surface area contributed by atoms with Crippen LogP contribution < -0.4 is 4.74 Å². The Bertz CT molecular complexity index is 502. The number of benzene rings is 1. The van der Waals surface area contributed by atoms with Crippen molar-refractivity contribution in [2.24, 2.45) is 0 Å². The molecule has 1 aromatic heterocycles. The van der Waals surface area contributed by atoms with Crippen LogP contribution in [0.3, 0.4) is 0 Å². The fourth-order valence-corrected chi connectivity index (χ4v) is 1.83. The molecule has 0 aliphatic carbocycles. The van der Waals surface area contributed by atoms with E-state index in [1.54, 1.807) is 12.4 Å². The molecule has 0 unspecified atom stereocenters. The summed E-state index contributed by atoms with van der Waals surface area (Å²) in [5, 5.41) is 0.607. The molecule has 88 valence electrons. The van der Waals surface area contributed by atoms with Gasteiger partial charge in [0.05, 0.1) is 10.9 Å². The minimum absolute atomic E-state index is 0.412. The molecule has 0 N–H and O–H groups in total. The lowest BCUT2D eigenvalue weighted by atomic mass is 10.2. The smallest absolute Gasteiger partial charge is 0.124 e. The zero-order chi connectivity index (χ0) is 12.1. The van der Waals surface area contributed by atoms with Crippen molar-refractivity contribution in [1.82, 2.24) is 4.98 Å². The van der Waals surface area contributed by atoms with E-state index in [-0.39, 0.29) is 0 Å². The van der Waals surface area contributed by atoms with Gasteiger partial charge in [0, 0.05) is 23.5 Å².